The summed E-state index contributed by atoms with van der Waals surface area (Å²) in [6.07, 6.45) is 4.25. The SMILES string of the molecule is COC1N(C2=C(S)C(=O)OC2)CCN1C1C2CN(CCc3ccc(-n4cnnn4)nc3)CC21. The van der Waals surface area contributed by atoms with Gasteiger partial charge in [-0.2, -0.15) is 4.68 Å². The Morgan fingerprint density at radius 3 is 2.73 bits per heavy atom. The number of thiol groups is 1. The summed E-state index contributed by atoms with van der Waals surface area (Å²) < 4.78 is 12.5. The van der Waals surface area contributed by atoms with Gasteiger partial charge in [-0.3, -0.25) is 4.90 Å². The van der Waals surface area contributed by atoms with E-state index in [1.165, 1.54) is 11.9 Å². The normalized spacial score (nSPS) is 29.8. The molecule has 3 unspecified atom stereocenters. The summed E-state index contributed by atoms with van der Waals surface area (Å²) in [4.78, 5) is 23.7. The second-order valence-corrected chi connectivity index (χ2v) is 9.42. The second kappa shape index (κ2) is 8.35. The minimum atomic E-state index is -0.346. The molecule has 12 heteroatoms. The molecule has 1 saturated carbocycles. The van der Waals surface area contributed by atoms with Crippen LogP contribution in [-0.4, -0.2) is 105 Å². The molecule has 33 heavy (non-hydrogen) atoms. The van der Waals surface area contributed by atoms with Crippen molar-refractivity contribution in [2.75, 3.05) is 46.4 Å². The molecule has 3 aliphatic heterocycles. The van der Waals surface area contributed by atoms with Gasteiger partial charge < -0.3 is 19.3 Å². The van der Waals surface area contributed by atoms with Gasteiger partial charge in [-0.1, -0.05) is 6.07 Å². The number of cyclic esters (lactones) is 1. The Bertz CT molecular complexity index is 1050. The van der Waals surface area contributed by atoms with Crippen molar-refractivity contribution in [3.63, 3.8) is 0 Å². The predicted molar refractivity (Wildman–Crippen MR) is 119 cm³/mol. The highest BCUT2D eigenvalue weighted by atomic mass is 32.1. The van der Waals surface area contributed by atoms with Gasteiger partial charge >= 0.3 is 5.97 Å². The quantitative estimate of drug-likeness (QED) is 0.432. The number of hydrogen-bond acceptors (Lipinski definition) is 11. The minimum Gasteiger partial charge on any atom is -0.455 e. The van der Waals surface area contributed by atoms with Crippen molar-refractivity contribution in [3.8, 4) is 5.82 Å². The molecule has 4 aliphatic rings. The summed E-state index contributed by atoms with van der Waals surface area (Å²) >= 11 is 4.35. The second-order valence-electron chi connectivity index (χ2n) is 8.97. The first-order chi connectivity index (χ1) is 16.1. The summed E-state index contributed by atoms with van der Waals surface area (Å²) in [7, 11) is 1.73. The number of hydrogen-bond donors (Lipinski definition) is 1. The lowest BCUT2D eigenvalue weighted by Gasteiger charge is -2.32. The summed E-state index contributed by atoms with van der Waals surface area (Å²) in [6, 6.07) is 4.57. The maximum atomic E-state index is 11.7. The molecule has 3 fully saturated rings. The highest BCUT2D eigenvalue weighted by Gasteiger charge is 2.60. The number of aromatic nitrogens is 5. The van der Waals surface area contributed by atoms with Gasteiger partial charge in [-0.15, -0.1) is 17.7 Å². The summed E-state index contributed by atoms with van der Waals surface area (Å²) in [5, 5.41) is 11.2. The summed E-state index contributed by atoms with van der Waals surface area (Å²) in [6.45, 7) is 5.28. The zero-order chi connectivity index (χ0) is 22.5. The zero-order valence-electron chi connectivity index (χ0n) is 18.3. The number of piperidine rings is 1. The highest BCUT2D eigenvalue weighted by Crippen LogP contribution is 2.51. The molecule has 0 aromatic carbocycles. The van der Waals surface area contributed by atoms with E-state index in [0.717, 1.165) is 50.7 Å². The van der Waals surface area contributed by atoms with E-state index in [2.05, 4.69) is 53.9 Å². The third-order valence-corrected chi connectivity index (χ3v) is 7.67. The number of ether oxygens (including phenoxy) is 2. The molecule has 174 valence electrons. The number of tetrazole rings is 1. The Balaban J connectivity index is 1.02. The highest BCUT2D eigenvalue weighted by molar-refractivity contribution is 7.85. The van der Waals surface area contributed by atoms with E-state index in [1.807, 2.05) is 12.3 Å². The summed E-state index contributed by atoms with van der Waals surface area (Å²) in [5.41, 5.74) is 2.05. The molecular formula is C21H26N8O3S. The first-order valence-electron chi connectivity index (χ1n) is 11.2. The number of methoxy groups -OCH3 is 1. The van der Waals surface area contributed by atoms with Crippen LogP contribution in [-0.2, 0) is 20.7 Å². The molecule has 11 nitrogen and oxygen atoms in total. The molecule has 0 bridgehead atoms. The van der Waals surface area contributed by atoms with Crippen LogP contribution >= 0.6 is 12.6 Å². The molecular weight excluding hydrogens is 444 g/mol. The monoisotopic (exact) mass is 470 g/mol. The lowest BCUT2D eigenvalue weighted by molar-refractivity contribution is -0.135. The smallest absolute Gasteiger partial charge is 0.346 e. The van der Waals surface area contributed by atoms with Gasteiger partial charge in [-0.25, -0.2) is 9.78 Å². The molecule has 6 rings (SSSR count). The molecule has 0 N–H and O–H groups in total. The number of carbonyl (C=O) groups excluding carboxylic acids is 1. The van der Waals surface area contributed by atoms with E-state index in [-0.39, 0.29) is 18.9 Å². The third-order valence-electron chi connectivity index (χ3n) is 7.23. The molecule has 2 aromatic rings. The van der Waals surface area contributed by atoms with Crippen molar-refractivity contribution in [1.29, 1.82) is 0 Å². The van der Waals surface area contributed by atoms with Crippen LogP contribution in [0.4, 0.5) is 0 Å². The molecule has 0 amide bonds. The van der Waals surface area contributed by atoms with Crippen LogP contribution in [0, 0.1) is 11.8 Å². The van der Waals surface area contributed by atoms with Gasteiger partial charge in [0.05, 0.1) is 5.70 Å². The Hall–Kier alpha value is -2.54. The van der Waals surface area contributed by atoms with E-state index in [9.17, 15) is 4.79 Å². The van der Waals surface area contributed by atoms with Gasteiger partial charge in [0.15, 0.2) is 12.2 Å². The number of nitrogens with zero attached hydrogens (tertiary/aromatic N) is 8. The predicted octanol–water partition coefficient (Wildman–Crippen LogP) is -0.224. The number of likely N-dealkylation sites (tertiary alicyclic amines) is 1. The van der Waals surface area contributed by atoms with Crippen LogP contribution < -0.4 is 0 Å². The Morgan fingerprint density at radius 2 is 2.09 bits per heavy atom. The fraction of sp³-hybridized carbons (Fsp3) is 0.571. The Labute approximate surface area is 196 Å². The largest absolute Gasteiger partial charge is 0.455 e. The topological polar surface area (TPSA) is 102 Å². The van der Waals surface area contributed by atoms with Crippen LogP contribution in [0.5, 0.6) is 0 Å². The van der Waals surface area contributed by atoms with E-state index in [1.54, 1.807) is 11.8 Å². The van der Waals surface area contributed by atoms with Crippen LogP contribution in [0.25, 0.3) is 5.82 Å². The van der Waals surface area contributed by atoms with Crippen molar-refractivity contribution in [1.82, 2.24) is 39.9 Å². The Kier molecular flexibility index (Phi) is 5.32. The van der Waals surface area contributed by atoms with Gasteiger partial charge in [0.1, 0.15) is 17.8 Å². The number of pyridine rings is 1. The van der Waals surface area contributed by atoms with Crippen LogP contribution in [0.2, 0.25) is 0 Å². The maximum absolute atomic E-state index is 11.7. The van der Waals surface area contributed by atoms with Crippen molar-refractivity contribution >= 4 is 18.6 Å². The first kappa shape index (κ1) is 21.0. The Morgan fingerprint density at radius 1 is 1.24 bits per heavy atom. The minimum absolute atomic E-state index is 0.162. The van der Waals surface area contributed by atoms with Crippen molar-refractivity contribution in [2.24, 2.45) is 11.8 Å². The molecule has 1 aliphatic carbocycles. The van der Waals surface area contributed by atoms with Crippen molar-refractivity contribution < 1.29 is 14.3 Å². The van der Waals surface area contributed by atoms with E-state index in [0.29, 0.717) is 22.8 Å². The zero-order valence-corrected chi connectivity index (χ0v) is 19.2. The molecule has 0 radical (unpaired) electrons. The maximum Gasteiger partial charge on any atom is 0.346 e. The fourth-order valence-corrected chi connectivity index (χ4v) is 5.83. The molecule has 0 spiro atoms. The molecule has 2 aromatic heterocycles. The molecule has 2 saturated heterocycles. The molecule has 3 atom stereocenters. The van der Waals surface area contributed by atoms with Crippen LogP contribution in [0.15, 0.2) is 35.3 Å². The number of esters is 1. The number of rotatable bonds is 7. The van der Waals surface area contributed by atoms with Crippen LogP contribution in [0.3, 0.4) is 0 Å². The standard InChI is InChI=1S/C21H26N8O3S/c1-31-21-27(16-11-32-20(30)19(16)33)6-7-28(21)18-14-9-26(10-15(14)18)5-4-13-2-3-17(22-8-13)29-12-23-24-25-29/h2-3,8,12,14-15,18,21,33H,4-7,9-11H2,1H3. The van der Waals surface area contributed by atoms with E-state index in [4.69, 9.17) is 9.47 Å². The van der Waals surface area contributed by atoms with Gasteiger partial charge in [0.2, 0.25) is 0 Å². The average molecular weight is 471 g/mol. The number of carbonyl (C=O) groups is 1. The lowest BCUT2D eigenvalue weighted by Crippen LogP contribution is -2.44. The molecule has 5 heterocycles. The fourth-order valence-electron chi connectivity index (χ4n) is 5.57. The summed E-state index contributed by atoms with van der Waals surface area (Å²) in [5.74, 6) is 1.72. The van der Waals surface area contributed by atoms with Crippen molar-refractivity contribution in [2.45, 2.75) is 18.8 Å². The lowest BCUT2D eigenvalue weighted by atomic mass is 10.2. The van der Waals surface area contributed by atoms with E-state index >= 15 is 0 Å². The van der Waals surface area contributed by atoms with Gasteiger partial charge in [0.25, 0.3) is 0 Å². The van der Waals surface area contributed by atoms with Crippen molar-refractivity contribution in [3.05, 3.63) is 40.8 Å². The average Bonchev–Trinajstić information content (AvgIpc) is 3.42. The number of fused-ring (bicyclic) bond motifs is 1. The third kappa shape index (κ3) is 3.70. The van der Waals surface area contributed by atoms with Crippen LogP contribution in [0.1, 0.15) is 5.56 Å². The van der Waals surface area contributed by atoms with Gasteiger partial charge in [0, 0.05) is 52.1 Å². The van der Waals surface area contributed by atoms with E-state index < -0.39 is 0 Å². The first-order valence-corrected chi connectivity index (χ1v) is 11.6. The van der Waals surface area contributed by atoms with Gasteiger partial charge in [-0.05, 0) is 40.3 Å².